The van der Waals surface area contributed by atoms with E-state index in [1.807, 2.05) is 0 Å². The first-order chi connectivity index (χ1) is 11.9. The summed E-state index contributed by atoms with van der Waals surface area (Å²) >= 11 is 1.55. The van der Waals surface area contributed by atoms with Crippen LogP contribution in [-0.2, 0) is 12.0 Å². The normalized spacial score (nSPS) is 16.6. The van der Waals surface area contributed by atoms with E-state index in [0.717, 1.165) is 36.5 Å². The summed E-state index contributed by atoms with van der Waals surface area (Å²) < 4.78 is 4.56. The van der Waals surface area contributed by atoms with E-state index in [-0.39, 0.29) is 5.41 Å². The van der Waals surface area contributed by atoms with Crippen LogP contribution in [0.15, 0.2) is 30.3 Å². The Balaban J connectivity index is 1.48. The Morgan fingerprint density at radius 2 is 1.84 bits per heavy atom. The average Bonchev–Trinajstić information content (AvgIpc) is 3.07. The SMILES string of the molecule is CN(Cc1ccccc1)CC1CCN(c2nc(C(C)(C)C)ns2)CC1. The van der Waals surface area contributed by atoms with Crippen molar-refractivity contribution in [3.63, 3.8) is 0 Å². The number of benzene rings is 1. The van der Waals surface area contributed by atoms with Crippen molar-refractivity contribution in [3.8, 4) is 0 Å². The topological polar surface area (TPSA) is 32.3 Å². The number of hydrogen-bond donors (Lipinski definition) is 0. The minimum absolute atomic E-state index is 0.0349. The molecule has 0 N–H and O–H groups in total. The highest BCUT2D eigenvalue weighted by atomic mass is 32.1. The summed E-state index contributed by atoms with van der Waals surface area (Å²) in [5, 5.41) is 1.10. The maximum absolute atomic E-state index is 4.77. The minimum atomic E-state index is 0.0349. The summed E-state index contributed by atoms with van der Waals surface area (Å²) in [6.07, 6.45) is 2.48. The van der Waals surface area contributed by atoms with Gasteiger partial charge in [0.1, 0.15) is 5.82 Å². The summed E-state index contributed by atoms with van der Waals surface area (Å²) in [5.41, 5.74) is 1.43. The van der Waals surface area contributed by atoms with Gasteiger partial charge in [0, 0.05) is 43.1 Å². The third-order valence-electron chi connectivity index (χ3n) is 4.84. The van der Waals surface area contributed by atoms with Gasteiger partial charge in [-0.1, -0.05) is 51.1 Å². The van der Waals surface area contributed by atoms with E-state index in [1.54, 1.807) is 11.5 Å². The molecular weight excluding hydrogens is 328 g/mol. The van der Waals surface area contributed by atoms with Gasteiger partial charge in [-0.3, -0.25) is 0 Å². The molecule has 2 aromatic rings. The van der Waals surface area contributed by atoms with E-state index in [9.17, 15) is 0 Å². The van der Waals surface area contributed by atoms with E-state index in [1.165, 1.54) is 24.9 Å². The van der Waals surface area contributed by atoms with Gasteiger partial charge in [0.05, 0.1) is 0 Å². The summed E-state index contributed by atoms with van der Waals surface area (Å²) in [5.74, 6) is 1.75. The third-order valence-corrected chi connectivity index (χ3v) is 5.61. The van der Waals surface area contributed by atoms with Gasteiger partial charge in [-0.25, -0.2) is 4.98 Å². The first-order valence-electron chi connectivity index (χ1n) is 9.23. The fourth-order valence-electron chi connectivity index (χ4n) is 3.36. The van der Waals surface area contributed by atoms with Crippen molar-refractivity contribution in [2.45, 2.75) is 45.6 Å². The second-order valence-electron chi connectivity index (χ2n) is 8.26. The Hall–Kier alpha value is -1.46. The number of piperidine rings is 1. The van der Waals surface area contributed by atoms with Crippen molar-refractivity contribution in [1.82, 2.24) is 14.3 Å². The quantitative estimate of drug-likeness (QED) is 0.802. The smallest absolute Gasteiger partial charge is 0.205 e. The molecule has 1 aromatic carbocycles. The van der Waals surface area contributed by atoms with Gasteiger partial charge in [-0.05, 0) is 31.4 Å². The van der Waals surface area contributed by atoms with Gasteiger partial charge in [0.15, 0.2) is 0 Å². The Bertz CT molecular complexity index is 654. The molecule has 0 atom stereocenters. The monoisotopic (exact) mass is 358 g/mol. The van der Waals surface area contributed by atoms with Gasteiger partial charge in [0.25, 0.3) is 0 Å². The van der Waals surface area contributed by atoms with Crippen molar-refractivity contribution in [1.29, 1.82) is 0 Å². The molecule has 2 heterocycles. The minimum Gasteiger partial charge on any atom is -0.347 e. The largest absolute Gasteiger partial charge is 0.347 e. The molecule has 1 aliphatic rings. The molecule has 0 unspecified atom stereocenters. The van der Waals surface area contributed by atoms with Crippen LogP contribution < -0.4 is 4.90 Å². The Morgan fingerprint density at radius 1 is 1.16 bits per heavy atom. The maximum atomic E-state index is 4.77. The van der Waals surface area contributed by atoms with Crippen LogP contribution in [0.5, 0.6) is 0 Å². The molecule has 0 aliphatic carbocycles. The molecular formula is C20H30N4S. The molecule has 1 aromatic heterocycles. The molecule has 1 fully saturated rings. The summed E-state index contributed by atoms with van der Waals surface area (Å²) in [7, 11) is 2.24. The molecule has 136 valence electrons. The predicted molar refractivity (Wildman–Crippen MR) is 106 cm³/mol. The van der Waals surface area contributed by atoms with Crippen molar-refractivity contribution >= 4 is 16.7 Å². The van der Waals surface area contributed by atoms with Crippen molar-refractivity contribution < 1.29 is 0 Å². The van der Waals surface area contributed by atoms with E-state index < -0.39 is 0 Å². The van der Waals surface area contributed by atoms with Crippen LogP contribution >= 0.6 is 11.5 Å². The van der Waals surface area contributed by atoms with Crippen molar-refractivity contribution in [2.75, 3.05) is 31.6 Å². The van der Waals surface area contributed by atoms with Gasteiger partial charge in [-0.2, -0.15) is 4.37 Å². The lowest BCUT2D eigenvalue weighted by Gasteiger charge is -2.33. The molecule has 3 rings (SSSR count). The average molecular weight is 359 g/mol. The number of aromatic nitrogens is 2. The van der Waals surface area contributed by atoms with Gasteiger partial charge in [0.2, 0.25) is 5.13 Å². The predicted octanol–water partition coefficient (Wildman–Crippen LogP) is 4.18. The lowest BCUT2D eigenvalue weighted by molar-refractivity contribution is 0.242. The molecule has 5 heteroatoms. The zero-order chi connectivity index (χ0) is 17.9. The molecule has 4 nitrogen and oxygen atoms in total. The first-order valence-corrected chi connectivity index (χ1v) is 10.0. The summed E-state index contributed by atoms with van der Waals surface area (Å²) in [6, 6.07) is 10.7. The number of nitrogens with zero attached hydrogens (tertiary/aromatic N) is 4. The Labute approximate surface area is 156 Å². The fraction of sp³-hybridized carbons (Fsp3) is 0.600. The van der Waals surface area contributed by atoms with Crippen LogP contribution in [0, 0.1) is 5.92 Å². The summed E-state index contributed by atoms with van der Waals surface area (Å²) in [6.45, 7) is 10.9. The van der Waals surface area contributed by atoms with Crippen LogP contribution in [0.1, 0.15) is 45.0 Å². The molecule has 0 radical (unpaired) electrons. The molecule has 0 saturated carbocycles. The maximum Gasteiger partial charge on any atom is 0.205 e. The summed E-state index contributed by atoms with van der Waals surface area (Å²) in [4.78, 5) is 9.64. The van der Waals surface area contributed by atoms with Gasteiger partial charge in [-0.15, -0.1) is 0 Å². The van der Waals surface area contributed by atoms with Crippen LogP contribution in [0.2, 0.25) is 0 Å². The second kappa shape index (κ2) is 7.83. The number of anilines is 1. The fourth-order valence-corrected chi connectivity index (χ4v) is 4.26. The van der Waals surface area contributed by atoms with Crippen LogP contribution in [0.25, 0.3) is 0 Å². The van der Waals surface area contributed by atoms with Gasteiger partial charge >= 0.3 is 0 Å². The zero-order valence-electron chi connectivity index (χ0n) is 15.9. The lowest BCUT2D eigenvalue weighted by Crippen LogP contribution is -2.37. The highest BCUT2D eigenvalue weighted by Crippen LogP contribution is 2.28. The van der Waals surface area contributed by atoms with Crippen molar-refractivity contribution in [2.24, 2.45) is 5.92 Å². The Kier molecular flexibility index (Phi) is 5.74. The standard InChI is InChI=1S/C20H30N4S/c1-20(2,3)18-21-19(25-22-18)24-12-10-17(11-13-24)15-23(4)14-16-8-6-5-7-9-16/h5-9,17H,10-15H2,1-4H3. The van der Waals surface area contributed by atoms with Crippen LogP contribution in [0.3, 0.4) is 0 Å². The molecule has 0 spiro atoms. The molecule has 1 saturated heterocycles. The number of rotatable bonds is 5. The number of hydrogen-bond acceptors (Lipinski definition) is 5. The third kappa shape index (κ3) is 5.02. The zero-order valence-corrected chi connectivity index (χ0v) is 16.7. The van der Waals surface area contributed by atoms with E-state index in [2.05, 4.69) is 72.3 Å². The second-order valence-corrected chi connectivity index (χ2v) is 8.99. The molecule has 0 amide bonds. The highest BCUT2D eigenvalue weighted by Gasteiger charge is 2.25. The van der Waals surface area contributed by atoms with E-state index >= 15 is 0 Å². The lowest BCUT2D eigenvalue weighted by atomic mass is 9.96. The van der Waals surface area contributed by atoms with Gasteiger partial charge < -0.3 is 9.80 Å². The molecule has 0 bridgehead atoms. The highest BCUT2D eigenvalue weighted by molar-refractivity contribution is 7.09. The Morgan fingerprint density at radius 3 is 2.44 bits per heavy atom. The van der Waals surface area contributed by atoms with Crippen LogP contribution in [0.4, 0.5) is 5.13 Å². The first kappa shape index (κ1) is 18.3. The van der Waals surface area contributed by atoms with E-state index in [0.29, 0.717) is 0 Å². The molecule has 25 heavy (non-hydrogen) atoms. The van der Waals surface area contributed by atoms with E-state index in [4.69, 9.17) is 4.98 Å². The molecule has 1 aliphatic heterocycles. The van der Waals surface area contributed by atoms with Crippen LogP contribution in [-0.4, -0.2) is 40.9 Å². The van der Waals surface area contributed by atoms with Crippen molar-refractivity contribution in [3.05, 3.63) is 41.7 Å².